The number of carbonyl (C=O) groups excluding carboxylic acids is 1. The van der Waals surface area contributed by atoms with E-state index in [1.54, 1.807) is 0 Å². The number of ether oxygens (including phenoxy) is 1. The van der Waals surface area contributed by atoms with E-state index in [9.17, 15) is 4.79 Å². The molecule has 1 aliphatic carbocycles. The third kappa shape index (κ3) is 1.30. The first-order valence-corrected chi connectivity index (χ1v) is 5.97. The molecule has 1 amide bonds. The quantitative estimate of drug-likeness (QED) is 0.676. The number of amides is 1. The highest BCUT2D eigenvalue weighted by Gasteiger charge is 2.51. The summed E-state index contributed by atoms with van der Waals surface area (Å²) in [7, 11) is 0. The smallest absolute Gasteiger partial charge is 0.410 e. The van der Waals surface area contributed by atoms with Gasteiger partial charge in [-0.15, -0.1) is 0 Å². The van der Waals surface area contributed by atoms with Gasteiger partial charge in [-0.25, -0.2) is 4.79 Å². The maximum absolute atomic E-state index is 11.8. The fourth-order valence-corrected chi connectivity index (χ4v) is 3.08. The Kier molecular flexibility index (Phi) is 2.26. The molecule has 0 unspecified atom stereocenters. The van der Waals surface area contributed by atoms with Gasteiger partial charge in [0.05, 0.1) is 18.2 Å². The van der Waals surface area contributed by atoms with Gasteiger partial charge in [0.1, 0.15) is 6.10 Å². The Hall–Kier alpha value is -1.26. The van der Waals surface area contributed by atoms with Gasteiger partial charge >= 0.3 is 6.09 Å². The lowest BCUT2D eigenvalue weighted by Gasteiger charge is -2.37. The summed E-state index contributed by atoms with van der Waals surface area (Å²) in [6.07, 6.45) is 2.85. The van der Waals surface area contributed by atoms with Crippen LogP contribution in [-0.4, -0.2) is 42.0 Å². The molecule has 3 aliphatic rings. The number of likely N-dealkylation sites (tertiary alicyclic amines) is 1. The van der Waals surface area contributed by atoms with E-state index in [0.717, 1.165) is 31.5 Å². The maximum atomic E-state index is 11.8. The molecule has 1 saturated heterocycles. The van der Waals surface area contributed by atoms with Crippen molar-refractivity contribution in [3.05, 3.63) is 0 Å². The second-order valence-corrected chi connectivity index (χ2v) is 4.54. The zero-order valence-electron chi connectivity index (χ0n) is 9.39. The predicted octanol–water partition coefficient (Wildman–Crippen LogP) is 1.38. The summed E-state index contributed by atoms with van der Waals surface area (Å²) < 4.78 is 5.09. The average Bonchev–Trinajstić information content (AvgIpc) is 2.87. The van der Waals surface area contributed by atoms with Crippen LogP contribution >= 0.6 is 0 Å². The molecular formula is C11H16N2O3. The van der Waals surface area contributed by atoms with Crippen LogP contribution in [0.25, 0.3) is 0 Å². The summed E-state index contributed by atoms with van der Waals surface area (Å²) in [6.45, 7) is 3.01. The van der Waals surface area contributed by atoms with Crippen LogP contribution in [0.2, 0.25) is 0 Å². The number of hydrogen-bond acceptors (Lipinski definition) is 4. The molecule has 0 N–H and O–H groups in total. The maximum Gasteiger partial charge on any atom is 0.410 e. The Bertz CT molecular complexity index is 342. The Balaban J connectivity index is 1.78. The van der Waals surface area contributed by atoms with Gasteiger partial charge in [0.2, 0.25) is 0 Å². The Morgan fingerprint density at radius 2 is 2.50 bits per heavy atom. The standard InChI is InChI=1S/C11H16N2O3/c1-2-15-11(14)13-6-5-9-10-7(12-16-9)3-4-8(10)13/h8-10H,2-6H2,1H3/t8-,9-,10+/m1/s1. The first kappa shape index (κ1) is 9.93. The van der Waals surface area contributed by atoms with Crippen molar-refractivity contribution in [2.45, 2.75) is 38.3 Å². The molecular weight excluding hydrogens is 208 g/mol. The van der Waals surface area contributed by atoms with Crippen molar-refractivity contribution in [3.63, 3.8) is 0 Å². The second-order valence-electron chi connectivity index (χ2n) is 4.54. The number of piperidine rings is 1. The Labute approximate surface area is 94.4 Å². The zero-order valence-corrected chi connectivity index (χ0v) is 9.39. The Morgan fingerprint density at radius 1 is 1.62 bits per heavy atom. The van der Waals surface area contributed by atoms with Crippen molar-refractivity contribution >= 4 is 11.8 Å². The summed E-state index contributed by atoms with van der Waals surface area (Å²) in [5, 5.41) is 4.12. The highest BCUT2D eigenvalue weighted by atomic mass is 16.6. The van der Waals surface area contributed by atoms with Crippen molar-refractivity contribution < 1.29 is 14.4 Å². The molecule has 3 atom stereocenters. The molecule has 2 aliphatic heterocycles. The third-order valence-electron chi connectivity index (χ3n) is 3.76. The number of oxime groups is 1. The number of nitrogens with zero attached hydrogens (tertiary/aromatic N) is 2. The lowest BCUT2D eigenvalue weighted by atomic mass is 9.89. The van der Waals surface area contributed by atoms with Crippen LogP contribution in [-0.2, 0) is 9.57 Å². The van der Waals surface area contributed by atoms with Gasteiger partial charge in [0, 0.05) is 19.0 Å². The van der Waals surface area contributed by atoms with Crippen LogP contribution in [0.15, 0.2) is 5.16 Å². The molecule has 3 rings (SSSR count). The highest BCUT2D eigenvalue weighted by molar-refractivity contribution is 5.91. The zero-order chi connectivity index (χ0) is 11.1. The lowest BCUT2D eigenvalue weighted by Crippen LogP contribution is -2.51. The van der Waals surface area contributed by atoms with E-state index in [0.29, 0.717) is 12.5 Å². The minimum Gasteiger partial charge on any atom is -0.450 e. The molecule has 0 aromatic rings. The minimum atomic E-state index is -0.181. The molecule has 0 spiro atoms. The molecule has 1 saturated carbocycles. The van der Waals surface area contributed by atoms with Crippen molar-refractivity contribution in [1.82, 2.24) is 4.90 Å². The van der Waals surface area contributed by atoms with E-state index in [2.05, 4.69) is 5.16 Å². The van der Waals surface area contributed by atoms with Gasteiger partial charge in [0.15, 0.2) is 0 Å². The average molecular weight is 224 g/mol. The minimum absolute atomic E-state index is 0.181. The van der Waals surface area contributed by atoms with Crippen LogP contribution < -0.4 is 0 Å². The normalized spacial score (nSPS) is 35.4. The first-order valence-electron chi connectivity index (χ1n) is 5.97. The van der Waals surface area contributed by atoms with E-state index in [1.165, 1.54) is 0 Å². The van der Waals surface area contributed by atoms with Crippen LogP contribution in [0.4, 0.5) is 4.79 Å². The fraction of sp³-hybridized carbons (Fsp3) is 0.818. The molecule has 2 fully saturated rings. The fourth-order valence-electron chi connectivity index (χ4n) is 3.08. The van der Waals surface area contributed by atoms with E-state index in [1.807, 2.05) is 11.8 Å². The van der Waals surface area contributed by atoms with Crippen molar-refractivity contribution in [2.24, 2.45) is 11.1 Å². The lowest BCUT2D eigenvalue weighted by molar-refractivity contribution is -0.0123. The van der Waals surface area contributed by atoms with Crippen molar-refractivity contribution in [2.75, 3.05) is 13.2 Å². The molecule has 16 heavy (non-hydrogen) atoms. The summed E-state index contributed by atoms with van der Waals surface area (Å²) >= 11 is 0. The predicted molar refractivity (Wildman–Crippen MR) is 57.2 cm³/mol. The van der Waals surface area contributed by atoms with Crippen molar-refractivity contribution in [1.29, 1.82) is 0 Å². The summed E-state index contributed by atoms with van der Waals surface area (Å²) in [4.78, 5) is 19.0. The summed E-state index contributed by atoms with van der Waals surface area (Å²) in [5.41, 5.74) is 1.14. The van der Waals surface area contributed by atoms with Gasteiger partial charge in [-0.2, -0.15) is 0 Å². The third-order valence-corrected chi connectivity index (χ3v) is 3.76. The number of rotatable bonds is 1. The molecule has 0 aromatic heterocycles. The monoisotopic (exact) mass is 224 g/mol. The molecule has 0 radical (unpaired) electrons. The van der Waals surface area contributed by atoms with Crippen LogP contribution in [0.1, 0.15) is 26.2 Å². The molecule has 88 valence electrons. The molecule has 5 nitrogen and oxygen atoms in total. The van der Waals surface area contributed by atoms with Crippen LogP contribution in [0.5, 0.6) is 0 Å². The molecule has 0 bridgehead atoms. The van der Waals surface area contributed by atoms with Crippen LogP contribution in [0.3, 0.4) is 0 Å². The van der Waals surface area contributed by atoms with E-state index in [-0.39, 0.29) is 18.2 Å². The number of carbonyl (C=O) groups is 1. The van der Waals surface area contributed by atoms with Gasteiger partial charge in [-0.3, -0.25) is 0 Å². The number of hydrogen-bond donors (Lipinski definition) is 0. The van der Waals surface area contributed by atoms with Gasteiger partial charge in [-0.1, -0.05) is 5.16 Å². The van der Waals surface area contributed by atoms with Crippen molar-refractivity contribution in [3.8, 4) is 0 Å². The first-order chi connectivity index (χ1) is 7.81. The van der Waals surface area contributed by atoms with Gasteiger partial charge in [-0.05, 0) is 19.8 Å². The van der Waals surface area contributed by atoms with Crippen LogP contribution in [0, 0.1) is 5.92 Å². The topological polar surface area (TPSA) is 51.1 Å². The molecule has 0 aromatic carbocycles. The second kappa shape index (κ2) is 3.64. The SMILES string of the molecule is CCOC(=O)N1CC[C@H]2ON=C3CC[C@@H]1[C@H]32. The molecule has 5 heteroatoms. The van der Waals surface area contributed by atoms with E-state index in [4.69, 9.17) is 9.57 Å². The highest BCUT2D eigenvalue weighted by Crippen LogP contribution is 2.40. The molecule has 2 heterocycles. The van der Waals surface area contributed by atoms with E-state index >= 15 is 0 Å². The van der Waals surface area contributed by atoms with Gasteiger partial charge < -0.3 is 14.5 Å². The van der Waals surface area contributed by atoms with E-state index < -0.39 is 0 Å². The summed E-state index contributed by atoms with van der Waals surface area (Å²) in [5.74, 6) is 0.332. The van der Waals surface area contributed by atoms with Gasteiger partial charge in [0.25, 0.3) is 0 Å². The largest absolute Gasteiger partial charge is 0.450 e. The summed E-state index contributed by atoms with van der Waals surface area (Å²) in [6, 6.07) is 0.249. The Morgan fingerprint density at radius 3 is 3.31 bits per heavy atom.